The van der Waals surface area contributed by atoms with Gasteiger partial charge in [0.2, 0.25) is 0 Å². The van der Waals surface area contributed by atoms with Gasteiger partial charge < -0.3 is 10.4 Å². The summed E-state index contributed by atoms with van der Waals surface area (Å²) >= 11 is 3.40. The van der Waals surface area contributed by atoms with E-state index in [9.17, 15) is 5.11 Å². The van der Waals surface area contributed by atoms with Crippen molar-refractivity contribution in [1.82, 2.24) is 10.6 Å². The first-order valence-electron chi connectivity index (χ1n) is 5.05. The van der Waals surface area contributed by atoms with Crippen LogP contribution in [0.2, 0.25) is 0 Å². The Morgan fingerprint density at radius 3 is 2.60 bits per heavy atom. The number of nitrogens with one attached hydrogen (secondary N) is 2. The lowest BCUT2D eigenvalue weighted by atomic mass is 9.88. The second-order valence-corrected chi connectivity index (χ2v) is 4.91. The van der Waals surface area contributed by atoms with Crippen molar-refractivity contribution in [3.05, 3.63) is 34.3 Å². The van der Waals surface area contributed by atoms with Crippen molar-refractivity contribution in [3.8, 4) is 0 Å². The molecular formula is C11H15BrN2O. The lowest BCUT2D eigenvalue weighted by molar-refractivity contribution is 0.0198. The van der Waals surface area contributed by atoms with Crippen molar-refractivity contribution in [2.24, 2.45) is 0 Å². The zero-order valence-corrected chi connectivity index (χ0v) is 10.2. The maximum atomic E-state index is 9.97. The van der Waals surface area contributed by atoms with Crippen LogP contribution in [0.25, 0.3) is 0 Å². The first-order chi connectivity index (χ1) is 7.13. The number of halogens is 1. The molecule has 0 aliphatic carbocycles. The van der Waals surface area contributed by atoms with Gasteiger partial charge in [-0.1, -0.05) is 28.1 Å². The van der Waals surface area contributed by atoms with E-state index in [-0.39, 0.29) is 0 Å². The summed E-state index contributed by atoms with van der Waals surface area (Å²) in [6.07, 6.45) is -0.549. The molecule has 0 spiro atoms. The first-order valence-corrected chi connectivity index (χ1v) is 5.85. The van der Waals surface area contributed by atoms with E-state index in [2.05, 4.69) is 26.6 Å². The zero-order valence-electron chi connectivity index (χ0n) is 8.63. The zero-order chi connectivity index (χ0) is 10.9. The summed E-state index contributed by atoms with van der Waals surface area (Å²) < 4.78 is 1.05. The minimum Gasteiger partial charge on any atom is -0.376 e. The Labute approximate surface area is 98.0 Å². The molecule has 3 N–H and O–H groups in total. The number of aliphatic hydroxyl groups excluding tert-OH is 1. The highest BCUT2D eigenvalue weighted by molar-refractivity contribution is 9.10. The van der Waals surface area contributed by atoms with Crippen LogP contribution >= 0.6 is 15.9 Å². The van der Waals surface area contributed by atoms with Gasteiger partial charge in [0, 0.05) is 17.6 Å². The van der Waals surface area contributed by atoms with Gasteiger partial charge in [-0.2, -0.15) is 0 Å². The molecule has 0 radical (unpaired) electrons. The predicted molar refractivity (Wildman–Crippen MR) is 63.5 cm³/mol. The van der Waals surface area contributed by atoms with Gasteiger partial charge in [-0.05, 0) is 24.6 Å². The standard InChI is InChI=1S/C11H15BrN2O/c1-11(10(15)13-6-7-14-11)8-2-4-9(12)5-3-8/h2-5,10,13-15H,6-7H2,1H3. The molecule has 1 aliphatic heterocycles. The number of hydrogen-bond acceptors (Lipinski definition) is 3. The van der Waals surface area contributed by atoms with Gasteiger partial charge >= 0.3 is 0 Å². The Morgan fingerprint density at radius 2 is 2.00 bits per heavy atom. The minimum absolute atomic E-state index is 0.404. The van der Waals surface area contributed by atoms with Gasteiger partial charge in [0.15, 0.2) is 0 Å². The van der Waals surface area contributed by atoms with Crippen LogP contribution in [0.5, 0.6) is 0 Å². The van der Waals surface area contributed by atoms with Crippen molar-refractivity contribution < 1.29 is 5.11 Å². The normalized spacial score (nSPS) is 31.5. The van der Waals surface area contributed by atoms with Crippen LogP contribution in [-0.2, 0) is 5.54 Å². The van der Waals surface area contributed by atoms with Crippen molar-refractivity contribution >= 4 is 15.9 Å². The summed E-state index contributed by atoms with van der Waals surface area (Å²) in [6, 6.07) is 8.02. The van der Waals surface area contributed by atoms with Crippen LogP contribution < -0.4 is 10.6 Å². The van der Waals surface area contributed by atoms with E-state index in [4.69, 9.17) is 0 Å². The Bertz CT molecular complexity index is 341. The molecule has 3 nitrogen and oxygen atoms in total. The van der Waals surface area contributed by atoms with Gasteiger partial charge in [0.05, 0.1) is 5.54 Å². The Balaban J connectivity index is 2.30. The molecule has 1 aliphatic rings. The number of benzene rings is 1. The summed E-state index contributed by atoms with van der Waals surface area (Å²) in [5.41, 5.74) is 0.685. The van der Waals surface area contributed by atoms with Gasteiger partial charge in [-0.15, -0.1) is 0 Å². The van der Waals surface area contributed by atoms with Crippen LogP contribution in [0, 0.1) is 0 Å². The Morgan fingerprint density at radius 1 is 1.33 bits per heavy atom. The summed E-state index contributed by atoms with van der Waals surface area (Å²) in [5.74, 6) is 0. The maximum absolute atomic E-state index is 9.97. The first kappa shape index (κ1) is 11.1. The van der Waals surface area contributed by atoms with Gasteiger partial charge in [0.25, 0.3) is 0 Å². The fraction of sp³-hybridized carbons (Fsp3) is 0.455. The van der Waals surface area contributed by atoms with E-state index in [1.165, 1.54) is 0 Å². The summed E-state index contributed by atoms with van der Waals surface area (Å²) in [6.45, 7) is 3.67. The minimum atomic E-state index is -0.549. The lowest BCUT2D eigenvalue weighted by Gasteiger charge is -2.40. The third-order valence-electron chi connectivity index (χ3n) is 2.95. The molecule has 82 valence electrons. The fourth-order valence-electron chi connectivity index (χ4n) is 1.89. The smallest absolute Gasteiger partial charge is 0.127 e. The lowest BCUT2D eigenvalue weighted by Crippen LogP contribution is -2.61. The van der Waals surface area contributed by atoms with Gasteiger partial charge in [0.1, 0.15) is 6.23 Å². The van der Waals surface area contributed by atoms with Crippen LogP contribution in [0.1, 0.15) is 12.5 Å². The molecule has 1 aromatic rings. The molecule has 2 rings (SSSR count). The third-order valence-corrected chi connectivity index (χ3v) is 3.47. The third kappa shape index (κ3) is 2.08. The average Bonchev–Trinajstić information content (AvgIpc) is 2.23. The summed E-state index contributed by atoms with van der Waals surface area (Å²) in [4.78, 5) is 0. The van der Waals surface area contributed by atoms with E-state index in [0.29, 0.717) is 0 Å². The van der Waals surface area contributed by atoms with Crippen molar-refractivity contribution in [3.63, 3.8) is 0 Å². The van der Waals surface area contributed by atoms with Crippen molar-refractivity contribution in [1.29, 1.82) is 0 Å². The fourth-order valence-corrected chi connectivity index (χ4v) is 2.15. The molecule has 1 saturated heterocycles. The molecule has 15 heavy (non-hydrogen) atoms. The molecular weight excluding hydrogens is 256 g/mol. The van der Waals surface area contributed by atoms with Crippen LogP contribution in [0.3, 0.4) is 0 Å². The number of piperazine rings is 1. The summed E-state index contributed by atoms with van der Waals surface area (Å²) in [7, 11) is 0. The highest BCUT2D eigenvalue weighted by Crippen LogP contribution is 2.26. The monoisotopic (exact) mass is 270 g/mol. The topological polar surface area (TPSA) is 44.3 Å². The molecule has 2 atom stereocenters. The van der Waals surface area contributed by atoms with E-state index < -0.39 is 11.8 Å². The van der Waals surface area contributed by atoms with E-state index >= 15 is 0 Å². The van der Waals surface area contributed by atoms with Crippen molar-refractivity contribution in [2.75, 3.05) is 13.1 Å². The molecule has 0 amide bonds. The predicted octanol–water partition coefficient (Wildman–Crippen LogP) is 1.18. The van der Waals surface area contributed by atoms with Crippen LogP contribution in [0.15, 0.2) is 28.7 Å². The number of aliphatic hydroxyl groups is 1. The Hall–Kier alpha value is -0.420. The maximum Gasteiger partial charge on any atom is 0.127 e. The van der Waals surface area contributed by atoms with E-state index in [0.717, 1.165) is 23.1 Å². The average molecular weight is 271 g/mol. The highest BCUT2D eigenvalue weighted by Gasteiger charge is 2.36. The second kappa shape index (κ2) is 4.22. The largest absolute Gasteiger partial charge is 0.376 e. The second-order valence-electron chi connectivity index (χ2n) is 3.99. The van der Waals surface area contributed by atoms with Crippen LogP contribution in [0.4, 0.5) is 0 Å². The number of hydrogen-bond donors (Lipinski definition) is 3. The molecule has 1 fully saturated rings. The molecule has 0 saturated carbocycles. The molecule has 0 bridgehead atoms. The molecule has 1 aromatic carbocycles. The quantitative estimate of drug-likeness (QED) is 0.718. The van der Waals surface area contributed by atoms with Gasteiger partial charge in [-0.25, -0.2) is 0 Å². The molecule has 1 heterocycles. The molecule has 2 unspecified atom stereocenters. The van der Waals surface area contributed by atoms with Crippen LogP contribution in [-0.4, -0.2) is 24.4 Å². The van der Waals surface area contributed by atoms with Gasteiger partial charge in [-0.3, -0.25) is 5.32 Å². The number of rotatable bonds is 1. The summed E-state index contributed by atoms with van der Waals surface area (Å²) in [5, 5.41) is 16.4. The molecule has 4 heteroatoms. The van der Waals surface area contributed by atoms with Crippen molar-refractivity contribution in [2.45, 2.75) is 18.7 Å². The van der Waals surface area contributed by atoms with E-state index in [1.807, 2.05) is 31.2 Å². The Kier molecular flexibility index (Phi) is 3.11. The SMILES string of the molecule is CC1(c2ccc(Br)cc2)NCCNC1O. The van der Waals surface area contributed by atoms with E-state index in [1.54, 1.807) is 0 Å². The highest BCUT2D eigenvalue weighted by atomic mass is 79.9. The molecule has 0 aromatic heterocycles.